The summed E-state index contributed by atoms with van der Waals surface area (Å²) < 4.78 is 11.3. The first-order valence-electron chi connectivity index (χ1n) is 7.37. The van der Waals surface area contributed by atoms with Crippen LogP contribution >= 0.6 is 0 Å². The normalized spacial score (nSPS) is 11.2. The summed E-state index contributed by atoms with van der Waals surface area (Å²) in [4.78, 5) is 35.8. The van der Waals surface area contributed by atoms with Crippen molar-refractivity contribution in [2.75, 3.05) is 12.4 Å². The molecule has 0 bridgehead atoms. The van der Waals surface area contributed by atoms with Gasteiger partial charge in [0.05, 0.1) is 12.6 Å². The fourth-order valence-corrected chi connectivity index (χ4v) is 2.24. The SMILES string of the molecule is COC(=O)c1cc2ccc(NC(C)=O)cc2n1C(=O)OC(C)(C)C. The molecule has 128 valence electrons. The monoisotopic (exact) mass is 332 g/mol. The highest BCUT2D eigenvalue weighted by atomic mass is 16.6. The molecule has 7 nitrogen and oxygen atoms in total. The van der Waals surface area contributed by atoms with Gasteiger partial charge in [0.15, 0.2) is 0 Å². The molecule has 7 heteroatoms. The fraction of sp³-hybridized carbons (Fsp3) is 0.353. The summed E-state index contributed by atoms with van der Waals surface area (Å²) in [7, 11) is 1.24. The first-order valence-corrected chi connectivity index (χ1v) is 7.37. The van der Waals surface area contributed by atoms with Crippen molar-refractivity contribution in [2.24, 2.45) is 0 Å². The molecule has 1 N–H and O–H groups in total. The van der Waals surface area contributed by atoms with Crippen LogP contribution in [0.5, 0.6) is 0 Å². The zero-order valence-corrected chi connectivity index (χ0v) is 14.3. The number of methoxy groups -OCH3 is 1. The van der Waals surface area contributed by atoms with E-state index in [-0.39, 0.29) is 11.6 Å². The summed E-state index contributed by atoms with van der Waals surface area (Å²) in [5, 5.41) is 3.29. The molecule has 0 radical (unpaired) electrons. The lowest BCUT2D eigenvalue weighted by Crippen LogP contribution is -2.29. The molecule has 0 unspecified atom stereocenters. The highest BCUT2D eigenvalue weighted by Crippen LogP contribution is 2.25. The van der Waals surface area contributed by atoms with E-state index in [1.807, 2.05) is 0 Å². The Morgan fingerprint density at radius 3 is 2.33 bits per heavy atom. The predicted molar refractivity (Wildman–Crippen MR) is 89.2 cm³/mol. The Bertz CT molecular complexity index is 814. The second-order valence-electron chi connectivity index (χ2n) is 6.29. The minimum absolute atomic E-state index is 0.0572. The van der Waals surface area contributed by atoms with Crippen molar-refractivity contribution < 1.29 is 23.9 Å². The van der Waals surface area contributed by atoms with Gasteiger partial charge >= 0.3 is 12.1 Å². The Morgan fingerprint density at radius 1 is 1.12 bits per heavy atom. The molecule has 1 amide bonds. The Hall–Kier alpha value is -2.83. The van der Waals surface area contributed by atoms with E-state index >= 15 is 0 Å². The molecular formula is C17H20N2O5. The zero-order chi connectivity index (χ0) is 18.1. The van der Waals surface area contributed by atoms with Crippen LogP contribution in [0.15, 0.2) is 24.3 Å². The Balaban J connectivity index is 2.63. The van der Waals surface area contributed by atoms with E-state index < -0.39 is 17.7 Å². The molecule has 0 spiro atoms. The second-order valence-corrected chi connectivity index (χ2v) is 6.29. The molecule has 0 saturated carbocycles. The van der Waals surface area contributed by atoms with E-state index in [9.17, 15) is 14.4 Å². The maximum absolute atomic E-state index is 12.6. The number of fused-ring (bicyclic) bond motifs is 1. The van der Waals surface area contributed by atoms with Gasteiger partial charge in [-0.15, -0.1) is 0 Å². The Kier molecular flexibility index (Phi) is 4.64. The lowest BCUT2D eigenvalue weighted by Gasteiger charge is -2.20. The van der Waals surface area contributed by atoms with Gasteiger partial charge in [0, 0.05) is 18.0 Å². The van der Waals surface area contributed by atoms with Gasteiger partial charge in [0.2, 0.25) is 5.91 Å². The topological polar surface area (TPSA) is 86.6 Å². The zero-order valence-electron chi connectivity index (χ0n) is 14.3. The first-order chi connectivity index (χ1) is 11.1. The number of aromatic nitrogens is 1. The third kappa shape index (κ3) is 3.73. The molecule has 0 fully saturated rings. The molecular weight excluding hydrogens is 312 g/mol. The standard InChI is InChI=1S/C17H20N2O5/c1-10(20)18-12-7-6-11-8-14(15(21)23-5)19(13(11)9-12)16(22)24-17(2,3)4/h6-9H,1-5H3,(H,18,20). The van der Waals surface area contributed by atoms with Gasteiger partial charge in [-0.25, -0.2) is 14.2 Å². The summed E-state index contributed by atoms with van der Waals surface area (Å²) >= 11 is 0. The van der Waals surface area contributed by atoms with Crippen LogP contribution in [0.4, 0.5) is 10.5 Å². The van der Waals surface area contributed by atoms with E-state index in [0.717, 1.165) is 4.57 Å². The summed E-state index contributed by atoms with van der Waals surface area (Å²) in [5.41, 5.74) is 0.281. The summed E-state index contributed by atoms with van der Waals surface area (Å²) in [6, 6.07) is 6.54. The fourth-order valence-electron chi connectivity index (χ4n) is 2.24. The van der Waals surface area contributed by atoms with E-state index in [2.05, 4.69) is 5.32 Å². The van der Waals surface area contributed by atoms with Crippen molar-refractivity contribution in [3.63, 3.8) is 0 Å². The lowest BCUT2D eigenvalue weighted by molar-refractivity contribution is -0.114. The van der Waals surface area contributed by atoms with Crippen molar-refractivity contribution in [3.05, 3.63) is 30.0 Å². The van der Waals surface area contributed by atoms with Crippen LogP contribution in [0.25, 0.3) is 10.9 Å². The van der Waals surface area contributed by atoms with Gasteiger partial charge in [0.25, 0.3) is 0 Å². The van der Waals surface area contributed by atoms with Crippen molar-refractivity contribution in [2.45, 2.75) is 33.3 Å². The highest BCUT2D eigenvalue weighted by Gasteiger charge is 2.25. The molecule has 2 rings (SSSR count). The van der Waals surface area contributed by atoms with E-state index in [1.54, 1.807) is 45.0 Å². The van der Waals surface area contributed by atoms with E-state index in [0.29, 0.717) is 16.6 Å². The molecule has 0 aliphatic rings. The third-order valence-corrected chi connectivity index (χ3v) is 3.10. The average Bonchev–Trinajstić information content (AvgIpc) is 2.82. The number of rotatable bonds is 2. The number of esters is 1. The molecule has 0 aliphatic carbocycles. The average molecular weight is 332 g/mol. The second kappa shape index (κ2) is 6.35. The largest absolute Gasteiger partial charge is 0.464 e. The molecule has 1 aromatic carbocycles. The minimum Gasteiger partial charge on any atom is -0.464 e. The number of hydrogen-bond donors (Lipinski definition) is 1. The number of benzene rings is 1. The van der Waals surface area contributed by atoms with Crippen molar-refractivity contribution in [3.8, 4) is 0 Å². The van der Waals surface area contributed by atoms with Crippen LogP contribution in [0, 0.1) is 0 Å². The van der Waals surface area contributed by atoms with Gasteiger partial charge in [-0.05, 0) is 39.0 Å². The summed E-state index contributed by atoms with van der Waals surface area (Å²) in [6.07, 6.45) is -0.696. The van der Waals surface area contributed by atoms with Gasteiger partial charge in [0.1, 0.15) is 11.3 Å². The number of carbonyl (C=O) groups is 3. The summed E-state index contributed by atoms with van der Waals surface area (Å²) in [5.74, 6) is -0.893. The van der Waals surface area contributed by atoms with Crippen LogP contribution in [-0.2, 0) is 14.3 Å². The molecule has 2 aromatic rings. The highest BCUT2D eigenvalue weighted by molar-refractivity contribution is 6.03. The maximum Gasteiger partial charge on any atom is 0.419 e. The number of amides is 1. The number of anilines is 1. The first kappa shape index (κ1) is 17.5. The van der Waals surface area contributed by atoms with Crippen LogP contribution in [-0.4, -0.2) is 35.2 Å². The molecule has 0 aliphatic heterocycles. The number of hydrogen-bond acceptors (Lipinski definition) is 5. The van der Waals surface area contributed by atoms with Crippen LogP contribution in [0.2, 0.25) is 0 Å². The Labute approximate surface area is 139 Å². The van der Waals surface area contributed by atoms with Crippen LogP contribution in [0.3, 0.4) is 0 Å². The van der Waals surface area contributed by atoms with E-state index in [4.69, 9.17) is 9.47 Å². The molecule has 0 atom stereocenters. The van der Waals surface area contributed by atoms with Crippen LogP contribution < -0.4 is 5.32 Å². The molecule has 1 heterocycles. The van der Waals surface area contributed by atoms with E-state index in [1.165, 1.54) is 14.0 Å². The van der Waals surface area contributed by atoms with Crippen LogP contribution in [0.1, 0.15) is 38.2 Å². The number of carbonyl (C=O) groups excluding carboxylic acids is 3. The molecule has 24 heavy (non-hydrogen) atoms. The molecule has 0 saturated heterocycles. The van der Waals surface area contributed by atoms with Crippen molar-refractivity contribution >= 4 is 34.6 Å². The van der Waals surface area contributed by atoms with Gasteiger partial charge in [-0.2, -0.15) is 0 Å². The quantitative estimate of drug-likeness (QED) is 0.854. The lowest BCUT2D eigenvalue weighted by atomic mass is 10.2. The number of ether oxygens (including phenoxy) is 2. The smallest absolute Gasteiger partial charge is 0.419 e. The van der Waals surface area contributed by atoms with Gasteiger partial charge in [-0.3, -0.25) is 4.79 Å². The van der Waals surface area contributed by atoms with Crippen molar-refractivity contribution in [1.82, 2.24) is 4.57 Å². The maximum atomic E-state index is 12.6. The Morgan fingerprint density at radius 2 is 1.79 bits per heavy atom. The molecule has 1 aromatic heterocycles. The number of nitrogens with one attached hydrogen (secondary N) is 1. The number of nitrogens with zero attached hydrogens (tertiary/aromatic N) is 1. The summed E-state index contributed by atoms with van der Waals surface area (Å²) in [6.45, 7) is 6.59. The van der Waals surface area contributed by atoms with Crippen molar-refractivity contribution in [1.29, 1.82) is 0 Å². The van der Waals surface area contributed by atoms with Gasteiger partial charge < -0.3 is 14.8 Å². The predicted octanol–water partition coefficient (Wildman–Crippen LogP) is 3.17. The van der Waals surface area contributed by atoms with Gasteiger partial charge in [-0.1, -0.05) is 6.07 Å². The third-order valence-electron chi connectivity index (χ3n) is 3.10. The minimum atomic E-state index is -0.726.